The molecule has 1 fully saturated rings. The van der Waals surface area contributed by atoms with Gasteiger partial charge in [0.15, 0.2) is 5.96 Å². The van der Waals surface area contributed by atoms with Crippen LogP contribution in [0.25, 0.3) is 0 Å². The van der Waals surface area contributed by atoms with Gasteiger partial charge >= 0.3 is 0 Å². The summed E-state index contributed by atoms with van der Waals surface area (Å²) < 4.78 is 5.50. The summed E-state index contributed by atoms with van der Waals surface area (Å²) in [4.78, 5) is 11.3. The normalized spacial score (nSPS) is 17.3. The van der Waals surface area contributed by atoms with Crippen LogP contribution in [-0.2, 0) is 11.2 Å². The van der Waals surface area contributed by atoms with Crippen LogP contribution in [-0.4, -0.2) is 68.3 Å². The summed E-state index contributed by atoms with van der Waals surface area (Å²) in [5, 5.41) is 6.92. The van der Waals surface area contributed by atoms with Crippen LogP contribution in [0.15, 0.2) is 23.3 Å². The van der Waals surface area contributed by atoms with Crippen molar-refractivity contribution >= 4 is 5.96 Å². The molecule has 0 spiro atoms. The van der Waals surface area contributed by atoms with E-state index in [2.05, 4.69) is 51.5 Å². The van der Waals surface area contributed by atoms with Crippen molar-refractivity contribution in [1.82, 2.24) is 20.5 Å². The highest BCUT2D eigenvalue weighted by Gasteiger charge is 2.22. The third-order valence-corrected chi connectivity index (χ3v) is 4.71. The Labute approximate surface area is 158 Å². The average Bonchev–Trinajstić information content (AvgIpc) is 2.65. The predicted molar refractivity (Wildman–Crippen MR) is 108 cm³/mol. The second-order valence-electron chi connectivity index (χ2n) is 7.37. The quantitative estimate of drug-likeness (QED) is 0.546. The van der Waals surface area contributed by atoms with Gasteiger partial charge in [0, 0.05) is 51.2 Å². The van der Waals surface area contributed by atoms with E-state index in [1.165, 1.54) is 12.0 Å². The molecule has 1 aliphatic rings. The number of aliphatic imine (C=N–C) groups is 1. The van der Waals surface area contributed by atoms with Crippen molar-refractivity contribution in [2.24, 2.45) is 10.9 Å². The molecule has 1 aromatic heterocycles. The maximum atomic E-state index is 5.50. The first kappa shape index (κ1) is 20.6. The fourth-order valence-electron chi connectivity index (χ4n) is 3.25. The van der Waals surface area contributed by atoms with Crippen molar-refractivity contribution in [3.05, 3.63) is 29.6 Å². The number of nitrogens with one attached hydrogen (secondary N) is 2. The largest absolute Gasteiger partial charge is 0.379 e. The van der Waals surface area contributed by atoms with Crippen LogP contribution in [0.1, 0.15) is 31.5 Å². The number of aromatic nitrogens is 1. The summed E-state index contributed by atoms with van der Waals surface area (Å²) in [7, 11) is 1.83. The van der Waals surface area contributed by atoms with Gasteiger partial charge in [-0.3, -0.25) is 14.9 Å². The van der Waals surface area contributed by atoms with E-state index in [9.17, 15) is 0 Å². The number of ether oxygens (including phenoxy) is 1. The van der Waals surface area contributed by atoms with Gasteiger partial charge in [0.1, 0.15) is 0 Å². The van der Waals surface area contributed by atoms with Crippen molar-refractivity contribution in [2.45, 2.75) is 39.7 Å². The van der Waals surface area contributed by atoms with Crippen molar-refractivity contribution in [1.29, 1.82) is 0 Å². The molecule has 6 nitrogen and oxygen atoms in total. The SMILES string of the molecule is CN=C(NCCc1ccc(C)nc1)NCC(CC(C)C)N1CCOCC1. The first-order valence-electron chi connectivity index (χ1n) is 9.76. The molecule has 2 heterocycles. The highest BCUT2D eigenvalue weighted by molar-refractivity contribution is 5.79. The van der Waals surface area contributed by atoms with Crippen molar-refractivity contribution < 1.29 is 4.74 Å². The zero-order chi connectivity index (χ0) is 18.8. The first-order chi connectivity index (χ1) is 12.6. The van der Waals surface area contributed by atoms with E-state index in [1.807, 2.05) is 20.2 Å². The molecule has 1 aromatic rings. The molecule has 6 heteroatoms. The van der Waals surface area contributed by atoms with Gasteiger partial charge in [0.05, 0.1) is 13.2 Å². The Kier molecular flexibility index (Phi) is 8.85. The second kappa shape index (κ2) is 11.1. The summed E-state index contributed by atoms with van der Waals surface area (Å²) in [5.41, 5.74) is 2.29. The van der Waals surface area contributed by atoms with Crippen LogP contribution in [0.4, 0.5) is 0 Å². The molecule has 1 aliphatic heterocycles. The Balaban J connectivity index is 1.78. The maximum Gasteiger partial charge on any atom is 0.191 e. The molecule has 146 valence electrons. The summed E-state index contributed by atoms with van der Waals surface area (Å²) in [6, 6.07) is 4.71. The average molecular weight is 362 g/mol. The number of aryl methyl sites for hydroxylation is 1. The van der Waals surface area contributed by atoms with E-state index >= 15 is 0 Å². The predicted octanol–water partition coefficient (Wildman–Crippen LogP) is 1.84. The smallest absolute Gasteiger partial charge is 0.191 e. The van der Waals surface area contributed by atoms with Crippen LogP contribution >= 0.6 is 0 Å². The molecule has 2 rings (SSSR count). The molecule has 0 bridgehead atoms. The van der Waals surface area contributed by atoms with E-state index in [1.54, 1.807) is 0 Å². The number of nitrogens with zero attached hydrogens (tertiary/aromatic N) is 3. The van der Waals surface area contributed by atoms with Gasteiger partial charge in [0.25, 0.3) is 0 Å². The topological polar surface area (TPSA) is 61.8 Å². The monoisotopic (exact) mass is 361 g/mol. The highest BCUT2D eigenvalue weighted by atomic mass is 16.5. The number of pyridine rings is 1. The molecule has 0 aliphatic carbocycles. The van der Waals surface area contributed by atoms with Crippen molar-refractivity contribution in [3.8, 4) is 0 Å². The van der Waals surface area contributed by atoms with Gasteiger partial charge in [-0.05, 0) is 37.3 Å². The lowest BCUT2D eigenvalue weighted by Crippen LogP contribution is -2.51. The molecule has 1 saturated heterocycles. The molecule has 1 atom stereocenters. The zero-order valence-corrected chi connectivity index (χ0v) is 16.8. The molecular weight excluding hydrogens is 326 g/mol. The second-order valence-corrected chi connectivity index (χ2v) is 7.37. The van der Waals surface area contributed by atoms with Crippen LogP contribution in [0.5, 0.6) is 0 Å². The number of hydrogen-bond donors (Lipinski definition) is 2. The molecule has 2 N–H and O–H groups in total. The number of morpholine rings is 1. The minimum atomic E-state index is 0.513. The fourth-order valence-corrected chi connectivity index (χ4v) is 3.25. The number of guanidine groups is 1. The molecule has 0 aromatic carbocycles. The molecule has 0 saturated carbocycles. The van der Waals surface area contributed by atoms with E-state index in [4.69, 9.17) is 4.74 Å². The minimum absolute atomic E-state index is 0.513. The highest BCUT2D eigenvalue weighted by Crippen LogP contribution is 2.13. The van der Waals surface area contributed by atoms with E-state index in [0.29, 0.717) is 12.0 Å². The lowest BCUT2D eigenvalue weighted by molar-refractivity contribution is 0.0132. The van der Waals surface area contributed by atoms with Crippen LogP contribution in [0.2, 0.25) is 0 Å². The Morgan fingerprint density at radius 2 is 2.04 bits per heavy atom. The summed E-state index contributed by atoms with van der Waals surface area (Å²) in [6.45, 7) is 12.1. The Morgan fingerprint density at radius 3 is 2.65 bits per heavy atom. The molecule has 1 unspecified atom stereocenters. The third-order valence-electron chi connectivity index (χ3n) is 4.71. The Hall–Kier alpha value is -1.66. The lowest BCUT2D eigenvalue weighted by Gasteiger charge is -2.35. The zero-order valence-electron chi connectivity index (χ0n) is 16.8. The molecule has 26 heavy (non-hydrogen) atoms. The van der Waals surface area contributed by atoms with Gasteiger partial charge in [-0.25, -0.2) is 0 Å². The summed E-state index contributed by atoms with van der Waals surface area (Å²) in [6.07, 6.45) is 4.07. The first-order valence-corrected chi connectivity index (χ1v) is 9.76. The van der Waals surface area contributed by atoms with Gasteiger partial charge < -0.3 is 15.4 Å². The van der Waals surface area contributed by atoms with E-state index in [0.717, 1.165) is 57.5 Å². The van der Waals surface area contributed by atoms with Crippen LogP contribution in [0, 0.1) is 12.8 Å². The fraction of sp³-hybridized carbons (Fsp3) is 0.700. The minimum Gasteiger partial charge on any atom is -0.379 e. The van der Waals surface area contributed by atoms with Gasteiger partial charge in [0.2, 0.25) is 0 Å². The number of hydrogen-bond acceptors (Lipinski definition) is 4. The van der Waals surface area contributed by atoms with Gasteiger partial charge in [-0.1, -0.05) is 19.9 Å². The maximum absolute atomic E-state index is 5.50. The Bertz CT molecular complexity index is 538. The van der Waals surface area contributed by atoms with Gasteiger partial charge in [-0.15, -0.1) is 0 Å². The van der Waals surface area contributed by atoms with Crippen molar-refractivity contribution in [3.63, 3.8) is 0 Å². The molecule has 0 radical (unpaired) electrons. The summed E-state index contributed by atoms with van der Waals surface area (Å²) >= 11 is 0. The third kappa shape index (κ3) is 7.30. The Morgan fingerprint density at radius 1 is 1.27 bits per heavy atom. The van der Waals surface area contributed by atoms with E-state index < -0.39 is 0 Å². The lowest BCUT2D eigenvalue weighted by atomic mass is 10.0. The molecular formula is C20H35N5O. The van der Waals surface area contributed by atoms with Crippen LogP contribution < -0.4 is 10.6 Å². The summed E-state index contributed by atoms with van der Waals surface area (Å²) in [5.74, 6) is 1.54. The number of rotatable bonds is 8. The molecule has 0 amide bonds. The standard InChI is InChI=1S/C20H35N5O/c1-16(2)13-19(25-9-11-26-12-10-25)15-24-20(21-4)22-8-7-18-6-5-17(3)23-14-18/h5-6,14,16,19H,7-13,15H2,1-4H3,(H2,21,22,24). The van der Waals surface area contributed by atoms with Crippen molar-refractivity contribution in [2.75, 3.05) is 46.4 Å². The van der Waals surface area contributed by atoms with E-state index in [-0.39, 0.29) is 0 Å². The van der Waals surface area contributed by atoms with Crippen LogP contribution in [0.3, 0.4) is 0 Å². The van der Waals surface area contributed by atoms with Gasteiger partial charge in [-0.2, -0.15) is 0 Å².